The van der Waals surface area contributed by atoms with E-state index in [0.29, 0.717) is 11.3 Å². The number of rotatable bonds is 3. The highest BCUT2D eigenvalue weighted by Crippen LogP contribution is 2.16. The molecule has 0 aromatic heterocycles. The Hall–Kier alpha value is -1.63. The minimum atomic E-state index is -2.39. The maximum atomic E-state index is 11.9. The maximum absolute atomic E-state index is 11.9. The first-order chi connectivity index (χ1) is 6.63. The van der Waals surface area contributed by atoms with Gasteiger partial charge in [0.15, 0.2) is 0 Å². The molecule has 14 heavy (non-hydrogen) atoms. The lowest BCUT2D eigenvalue weighted by Crippen LogP contribution is -2.11. The largest absolute Gasteiger partial charge is 0.379 e. The second-order valence-corrected chi connectivity index (χ2v) is 2.91. The van der Waals surface area contributed by atoms with Gasteiger partial charge in [-0.1, -0.05) is 6.07 Å². The number of nitrogens with zero attached hydrogens (tertiary/aromatic N) is 1. The molecule has 0 atom stereocenters. The van der Waals surface area contributed by atoms with Gasteiger partial charge in [0.1, 0.15) is 0 Å². The number of hydrogen-bond donors (Lipinski definition) is 1. The Kier molecular flexibility index (Phi) is 3.41. The second-order valence-electron chi connectivity index (χ2n) is 2.91. The zero-order chi connectivity index (χ0) is 10.6. The number of nitriles is 1. The van der Waals surface area contributed by atoms with Gasteiger partial charge in [0.2, 0.25) is 0 Å². The molecule has 0 amide bonds. The molecule has 1 aromatic rings. The molecule has 0 aliphatic heterocycles. The third-order valence-electron chi connectivity index (χ3n) is 1.81. The molecule has 0 unspecified atom stereocenters. The van der Waals surface area contributed by atoms with Crippen molar-refractivity contribution < 1.29 is 8.78 Å². The fourth-order valence-electron chi connectivity index (χ4n) is 1.07. The van der Waals surface area contributed by atoms with Gasteiger partial charge in [-0.25, -0.2) is 8.78 Å². The normalized spacial score (nSPS) is 9.93. The maximum Gasteiger partial charge on any atom is 0.255 e. The van der Waals surface area contributed by atoms with Crippen LogP contribution in [0.1, 0.15) is 11.1 Å². The van der Waals surface area contributed by atoms with E-state index in [1.54, 1.807) is 25.1 Å². The number of benzene rings is 1. The van der Waals surface area contributed by atoms with Crippen LogP contribution < -0.4 is 5.32 Å². The Labute approximate surface area is 81.2 Å². The minimum Gasteiger partial charge on any atom is -0.379 e. The van der Waals surface area contributed by atoms with Crippen molar-refractivity contribution in [1.82, 2.24) is 0 Å². The van der Waals surface area contributed by atoms with Gasteiger partial charge >= 0.3 is 0 Å². The van der Waals surface area contributed by atoms with Crippen LogP contribution in [0.4, 0.5) is 14.5 Å². The third-order valence-corrected chi connectivity index (χ3v) is 1.81. The molecule has 1 rings (SSSR count). The van der Waals surface area contributed by atoms with E-state index >= 15 is 0 Å². The topological polar surface area (TPSA) is 35.8 Å². The molecular weight excluding hydrogens is 186 g/mol. The third kappa shape index (κ3) is 2.70. The van der Waals surface area contributed by atoms with Crippen LogP contribution >= 0.6 is 0 Å². The first-order valence-corrected chi connectivity index (χ1v) is 4.16. The van der Waals surface area contributed by atoms with Crippen LogP contribution in [-0.2, 0) is 0 Å². The van der Waals surface area contributed by atoms with Gasteiger partial charge in [-0.3, -0.25) is 0 Å². The van der Waals surface area contributed by atoms with Gasteiger partial charge in [0, 0.05) is 5.69 Å². The Morgan fingerprint density at radius 1 is 1.50 bits per heavy atom. The summed E-state index contributed by atoms with van der Waals surface area (Å²) in [6.45, 7) is 1.41. The van der Waals surface area contributed by atoms with Crippen LogP contribution in [0.3, 0.4) is 0 Å². The molecule has 0 heterocycles. The lowest BCUT2D eigenvalue weighted by molar-refractivity contribution is 0.163. The highest BCUT2D eigenvalue weighted by atomic mass is 19.3. The van der Waals surface area contributed by atoms with Crippen molar-refractivity contribution in [2.24, 2.45) is 0 Å². The lowest BCUT2D eigenvalue weighted by Gasteiger charge is -2.08. The number of anilines is 1. The zero-order valence-corrected chi connectivity index (χ0v) is 7.72. The van der Waals surface area contributed by atoms with E-state index in [-0.39, 0.29) is 0 Å². The van der Waals surface area contributed by atoms with Crippen molar-refractivity contribution in [3.8, 4) is 6.07 Å². The summed E-state index contributed by atoms with van der Waals surface area (Å²) >= 11 is 0. The zero-order valence-electron chi connectivity index (χ0n) is 7.72. The van der Waals surface area contributed by atoms with Crippen LogP contribution in [0.15, 0.2) is 18.2 Å². The summed E-state index contributed by atoms with van der Waals surface area (Å²) in [6.07, 6.45) is -2.39. The van der Waals surface area contributed by atoms with Gasteiger partial charge < -0.3 is 5.32 Å². The molecule has 4 heteroatoms. The molecule has 0 fully saturated rings. The molecule has 0 saturated carbocycles. The first-order valence-electron chi connectivity index (χ1n) is 4.16. The van der Waals surface area contributed by atoms with Crippen LogP contribution in [0.25, 0.3) is 0 Å². The van der Waals surface area contributed by atoms with Crippen LogP contribution in [-0.4, -0.2) is 13.0 Å². The fourth-order valence-corrected chi connectivity index (χ4v) is 1.07. The fraction of sp³-hybridized carbons (Fsp3) is 0.300. The van der Waals surface area contributed by atoms with Gasteiger partial charge in [0.25, 0.3) is 6.43 Å². The highest BCUT2D eigenvalue weighted by molar-refractivity contribution is 5.55. The van der Waals surface area contributed by atoms with Gasteiger partial charge in [-0.2, -0.15) is 5.26 Å². The number of halogens is 2. The smallest absolute Gasteiger partial charge is 0.255 e. The number of nitrogens with one attached hydrogen (secondary N) is 1. The SMILES string of the molecule is Cc1ccc(C#N)cc1NCC(F)F. The molecule has 0 saturated heterocycles. The number of alkyl halides is 2. The predicted octanol–water partition coefficient (Wildman–Crippen LogP) is 2.54. The number of aryl methyl sites for hydroxylation is 1. The molecule has 1 aromatic carbocycles. The van der Waals surface area contributed by atoms with Crippen LogP contribution in [0, 0.1) is 18.3 Å². The van der Waals surface area contributed by atoms with E-state index < -0.39 is 13.0 Å². The summed E-state index contributed by atoms with van der Waals surface area (Å²) in [4.78, 5) is 0. The van der Waals surface area contributed by atoms with E-state index in [1.165, 1.54) is 0 Å². The Morgan fingerprint density at radius 3 is 2.79 bits per heavy atom. The molecule has 0 aliphatic carbocycles. The van der Waals surface area contributed by atoms with E-state index in [4.69, 9.17) is 5.26 Å². The molecule has 2 nitrogen and oxygen atoms in total. The Bertz CT molecular complexity index is 356. The predicted molar refractivity (Wildman–Crippen MR) is 50.4 cm³/mol. The molecule has 0 radical (unpaired) electrons. The summed E-state index contributed by atoms with van der Waals surface area (Å²) in [5, 5.41) is 11.2. The summed E-state index contributed by atoms with van der Waals surface area (Å²) in [7, 11) is 0. The molecule has 0 spiro atoms. The van der Waals surface area contributed by atoms with Gasteiger partial charge in [-0.05, 0) is 24.6 Å². The van der Waals surface area contributed by atoms with Crippen molar-refractivity contribution >= 4 is 5.69 Å². The van der Waals surface area contributed by atoms with E-state index in [2.05, 4.69) is 5.32 Å². The monoisotopic (exact) mass is 196 g/mol. The molecule has 0 bridgehead atoms. The van der Waals surface area contributed by atoms with Crippen molar-refractivity contribution in [3.05, 3.63) is 29.3 Å². The quantitative estimate of drug-likeness (QED) is 0.806. The molecule has 1 N–H and O–H groups in total. The van der Waals surface area contributed by atoms with E-state index in [0.717, 1.165) is 5.56 Å². The molecule has 74 valence electrons. The number of hydrogen-bond acceptors (Lipinski definition) is 2. The highest BCUT2D eigenvalue weighted by Gasteiger charge is 2.04. The standard InChI is InChI=1S/C10H10F2N2/c1-7-2-3-8(5-13)4-9(7)14-6-10(11)12/h2-4,10,14H,6H2,1H3. The Morgan fingerprint density at radius 2 is 2.21 bits per heavy atom. The summed E-state index contributed by atoms with van der Waals surface area (Å²) in [5.41, 5.74) is 1.90. The van der Waals surface area contributed by atoms with Gasteiger partial charge in [0.05, 0.1) is 18.2 Å². The summed E-state index contributed by atoms with van der Waals surface area (Å²) in [5.74, 6) is 0. The average molecular weight is 196 g/mol. The van der Waals surface area contributed by atoms with E-state index in [1.807, 2.05) is 6.07 Å². The van der Waals surface area contributed by atoms with E-state index in [9.17, 15) is 8.78 Å². The van der Waals surface area contributed by atoms with Gasteiger partial charge in [-0.15, -0.1) is 0 Å². The van der Waals surface area contributed by atoms with Crippen molar-refractivity contribution in [1.29, 1.82) is 5.26 Å². The summed E-state index contributed by atoms with van der Waals surface area (Å²) in [6, 6.07) is 6.91. The average Bonchev–Trinajstić information content (AvgIpc) is 2.16. The van der Waals surface area contributed by atoms with Crippen molar-refractivity contribution in [2.45, 2.75) is 13.3 Å². The molecular formula is C10H10F2N2. The van der Waals surface area contributed by atoms with Crippen molar-refractivity contribution in [3.63, 3.8) is 0 Å². The minimum absolute atomic E-state index is 0.393. The second kappa shape index (κ2) is 4.56. The molecule has 0 aliphatic rings. The van der Waals surface area contributed by atoms with Crippen LogP contribution in [0.5, 0.6) is 0 Å². The van der Waals surface area contributed by atoms with Crippen LogP contribution in [0.2, 0.25) is 0 Å². The first kappa shape index (κ1) is 10.5. The van der Waals surface area contributed by atoms with Crippen molar-refractivity contribution in [2.75, 3.05) is 11.9 Å². The lowest BCUT2D eigenvalue weighted by atomic mass is 10.1. The summed E-state index contributed by atoms with van der Waals surface area (Å²) < 4.78 is 23.8. The Balaban J connectivity index is 2.80.